The van der Waals surface area contributed by atoms with E-state index >= 15 is 0 Å². The maximum absolute atomic E-state index is 12.0. The van der Waals surface area contributed by atoms with Crippen molar-refractivity contribution in [2.24, 2.45) is 5.92 Å². The molecule has 15 heavy (non-hydrogen) atoms. The normalized spacial score (nSPS) is 10.7. The van der Waals surface area contributed by atoms with Crippen molar-refractivity contribution in [3.63, 3.8) is 0 Å². The molecular formula is C12H14BrClO. The fraction of sp³-hybridized carbons (Fsp3) is 0.417. The number of carbonyl (C=O) groups excluding carboxylic acids is 1. The van der Waals surface area contributed by atoms with Crippen molar-refractivity contribution in [3.8, 4) is 0 Å². The molecule has 1 rings (SSSR count). The number of halogens is 2. The van der Waals surface area contributed by atoms with Crippen LogP contribution >= 0.6 is 27.5 Å². The molecule has 0 aliphatic carbocycles. The average Bonchev–Trinajstić information content (AvgIpc) is 2.23. The summed E-state index contributed by atoms with van der Waals surface area (Å²) in [6.07, 6.45) is 1.77. The van der Waals surface area contributed by atoms with Crippen LogP contribution in [0, 0.1) is 5.92 Å². The third-order valence-electron chi connectivity index (χ3n) is 2.56. The van der Waals surface area contributed by atoms with Crippen LogP contribution in [0.2, 0.25) is 5.02 Å². The highest BCUT2D eigenvalue weighted by atomic mass is 79.9. The smallest absolute Gasteiger partial charge is 0.165 e. The Balaban J connectivity index is 2.96. The fourth-order valence-electron chi connectivity index (χ4n) is 1.54. The minimum atomic E-state index is 0.123. The number of carbonyl (C=O) groups is 1. The minimum absolute atomic E-state index is 0.123. The number of Topliss-reactive ketones (excluding diaryl/α,β-unsaturated/α-hetero) is 1. The van der Waals surface area contributed by atoms with E-state index in [1.54, 1.807) is 18.2 Å². The molecule has 0 aliphatic rings. The van der Waals surface area contributed by atoms with Gasteiger partial charge in [0.2, 0.25) is 0 Å². The molecule has 3 heteroatoms. The molecule has 82 valence electrons. The Morgan fingerprint density at radius 1 is 1.40 bits per heavy atom. The highest BCUT2D eigenvalue weighted by molar-refractivity contribution is 9.10. The second kappa shape index (κ2) is 5.66. The van der Waals surface area contributed by atoms with Crippen LogP contribution in [0.4, 0.5) is 0 Å². The van der Waals surface area contributed by atoms with Crippen molar-refractivity contribution in [2.45, 2.75) is 26.7 Å². The molecule has 0 radical (unpaired) electrons. The van der Waals surface area contributed by atoms with Crippen LogP contribution in [0.3, 0.4) is 0 Å². The van der Waals surface area contributed by atoms with E-state index in [4.69, 9.17) is 11.6 Å². The third-order valence-corrected chi connectivity index (χ3v) is 3.77. The highest BCUT2D eigenvalue weighted by Crippen LogP contribution is 2.25. The number of ketones is 1. The molecule has 0 aromatic heterocycles. The molecule has 0 saturated heterocycles. The maximum Gasteiger partial charge on any atom is 0.165 e. The van der Waals surface area contributed by atoms with Crippen LogP contribution in [-0.2, 0) is 0 Å². The van der Waals surface area contributed by atoms with Crippen LogP contribution in [0.25, 0.3) is 0 Å². The lowest BCUT2D eigenvalue weighted by Gasteiger charge is -2.11. The summed E-state index contributed by atoms with van der Waals surface area (Å²) in [4.78, 5) is 12.0. The predicted octanol–water partition coefficient (Wildman–Crippen LogP) is 4.72. The Labute approximate surface area is 104 Å². The van der Waals surface area contributed by atoms with Crippen molar-refractivity contribution in [1.82, 2.24) is 0 Å². The van der Waals surface area contributed by atoms with Crippen molar-refractivity contribution >= 4 is 33.3 Å². The molecule has 1 nitrogen and oxygen atoms in total. The van der Waals surface area contributed by atoms with E-state index in [2.05, 4.69) is 15.9 Å². The van der Waals surface area contributed by atoms with Gasteiger partial charge in [-0.25, -0.2) is 0 Å². The number of rotatable bonds is 4. The SMILES string of the molecule is CCC(CC)C(=O)c1ccc(Cl)c(Br)c1. The first-order valence-electron chi connectivity index (χ1n) is 5.09. The molecule has 1 aromatic rings. The van der Waals surface area contributed by atoms with Crippen molar-refractivity contribution < 1.29 is 4.79 Å². The van der Waals surface area contributed by atoms with Crippen molar-refractivity contribution in [1.29, 1.82) is 0 Å². The Hall–Kier alpha value is -0.340. The van der Waals surface area contributed by atoms with Gasteiger partial charge in [0.05, 0.1) is 5.02 Å². The first kappa shape index (κ1) is 12.7. The largest absolute Gasteiger partial charge is 0.294 e. The Morgan fingerprint density at radius 3 is 2.47 bits per heavy atom. The summed E-state index contributed by atoms with van der Waals surface area (Å²) in [5.74, 6) is 0.329. The fourth-order valence-corrected chi connectivity index (χ4v) is 2.04. The lowest BCUT2D eigenvalue weighted by atomic mass is 9.93. The average molecular weight is 290 g/mol. The molecule has 0 saturated carbocycles. The molecule has 1 aromatic carbocycles. The predicted molar refractivity (Wildman–Crippen MR) is 67.6 cm³/mol. The molecule has 0 amide bonds. The van der Waals surface area contributed by atoms with Crippen LogP contribution in [0.15, 0.2) is 22.7 Å². The summed E-state index contributed by atoms with van der Waals surface area (Å²) in [6.45, 7) is 4.08. The van der Waals surface area contributed by atoms with E-state index in [-0.39, 0.29) is 11.7 Å². The zero-order chi connectivity index (χ0) is 11.4. The van der Waals surface area contributed by atoms with Gasteiger partial charge in [0.1, 0.15) is 0 Å². The first-order valence-corrected chi connectivity index (χ1v) is 6.26. The molecule has 0 atom stereocenters. The second-order valence-corrected chi connectivity index (χ2v) is 4.77. The number of benzene rings is 1. The Kier molecular flexibility index (Phi) is 4.81. The molecular weight excluding hydrogens is 275 g/mol. The van der Waals surface area contributed by atoms with Gasteiger partial charge in [0, 0.05) is 16.0 Å². The van der Waals surface area contributed by atoms with Gasteiger partial charge in [-0.3, -0.25) is 4.79 Å². The summed E-state index contributed by atoms with van der Waals surface area (Å²) in [5, 5.41) is 0.635. The van der Waals surface area contributed by atoms with Gasteiger partial charge < -0.3 is 0 Å². The van der Waals surface area contributed by atoms with Gasteiger partial charge >= 0.3 is 0 Å². The molecule has 0 heterocycles. The van der Waals surface area contributed by atoms with Gasteiger partial charge in [-0.15, -0.1) is 0 Å². The van der Waals surface area contributed by atoms with Crippen LogP contribution in [-0.4, -0.2) is 5.78 Å². The molecule has 0 spiro atoms. The zero-order valence-corrected chi connectivity index (χ0v) is 11.2. The summed E-state index contributed by atoms with van der Waals surface area (Å²) >= 11 is 9.20. The topological polar surface area (TPSA) is 17.1 Å². The van der Waals surface area contributed by atoms with Gasteiger partial charge in [-0.1, -0.05) is 25.4 Å². The van der Waals surface area contributed by atoms with E-state index in [1.165, 1.54) is 0 Å². The number of hydrogen-bond donors (Lipinski definition) is 0. The summed E-state index contributed by atoms with van der Waals surface area (Å²) in [7, 11) is 0. The van der Waals surface area contributed by atoms with E-state index in [1.807, 2.05) is 13.8 Å². The van der Waals surface area contributed by atoms with E-state index in [0.29, 0.717) is 5.02 Å². The quantitative estimate of drug-likeness (QED) is 0.733. The van der Waals surface area contributed by atoms with E-state index < -0.39 is 0 Å². The van der Waals surface area contributed by atoms with Crippen LogP contribution in [0.5, 0.6) is 0 Å². The Morgan fingerprint density at radius 2 is 2.00 bits per heavy atom. The zero-order valence-electron chi connectivity index (χ0n) is 8.89. The molecule has 0 bridgehead atoms. The van der Waals surface area contributed by atoms with Crippen LogP contribution in [0.1, 0.15) is 37.0 Å². The molecule has 0 fully saturated rings. The highest BCUT2D eigenvalue weighted by Gasteiger charge is 2.16. The summed E-state index contributed by atoms with van der Waals surface area (Å²) in [5.41, 5.74) is 0.736. The lowest BCUT2D eigenvalue weighted by Crippen LogP contribution is -2.12. The monoisotopic (exact) mass is 288 g/mol. The summed E-state index contributed by atoms with van der Waals surface area (Å²) < 4.78 is 0.779. The number of hydrogen-bond acceptors (Lipinski definition) is 1. The van der Waals surface area contributed by atoms with Crippen molar-refractivity contribution in [3.05, 3.63) is 33.3 Å². The first-order chi connectivity index (χ1) is 7.10. The molecule has 0 N–H and O–H groups in total. The van der Waals surface area contributed by atoms with Gasteiger partial charge in [-0.2, -0.15) is 0 Å². The summed E-state index contributed by atoms with van der Waals surface area (Å²) in [6, 6.07) is 5.33. The third kappa shape index (κ3) is 3.05. The Bertz CT molecular complexity index is 359. The molecule has 0 unspecified atom stereocenters. The van der Waals surface area contributed by atoms with Crippen LogP contribution < -0.4 is 0 Å². The lowest BCUT2D eigenvalue weighted by molar-refractivity contribution is 0.0913. The maximum atomic E-state index is 12.0. The van der Waals surface area contributed by atoms with E-state index in [9.17, 15) is 4.79 Å². The standard InChI is InChI=1S/C12H14BrClO/c1-3-8(4-2)12(15)9-5-6-11(14)10(13)7-9/h5-8H,3-4H2,1-2H3. The second-order valence-electron chi connectivity index (χ2n) is 3.51. The van der Waals surface area contributed by atoms with Crippen molar-refractivity contribution in [2.75, 3.05) is 0 Å². The minimum Gasteiger partial charge on any atom is -0.294 e. The van der Waals surface area contributed by atoms with E-state index in [0.717, 1.165) is 22.9 Å². The van der Waals surface area contributed by atoms with Gasteiger partial charge in [-0.05, 0) is 47.0 Å². The molecule has 0 aliphatic heterocycles. The van der Waals surface area contributed by atoms with Gasteiger partial charge in [0.15, 0.2) is 5.78 Å². The van der Waals surface area contributed by atoms with Gasteiger partial charge in [0.25, 0.3) is 0 Å².